The molecular formula is C20H6F6N4O4S2. The van der Waals surface area contributed by atoms with Crippen LogP contribution in [0.4, 0.5) is 26.3 Å². The van der Waals surface area contributed by atoms with Gasteiger partial charge in [0.1, 0.15) is 30.9 Å². The first-order chi connectivity index (χ1) is 16.5. The van der Waals surface area contributed by atoms with Crippen molar-refractivity contribution < 1.29 is 43.2 Å². The van der Waals surface area contributed by atoms with Crippen LogP contribution in [-0.4, -0.2) is 27.9 Å². The van der Waals surface area contributed by atoms with Crippen molar-refractivity contribution in [2.24, 2.45) is 0 Å². The van der Waals surface area contributed by atoms with E-state index in [2.05, 4.69) is 9.69 Å². The Morgan fingerprint density at radius 2 is 1.14 bits per heavy atom. The van der Waals surface area contributed by atoms with E-state index in [-0.39, 0.29) is 0 Å². The number of hydrogen-bond donors (Lipinski definition) is 0. The molecule has 2 aliphatic carbocycles. The van der Waals surface area contributed by atoms with Crippen LogP contribution in [0, 0.1) is 35.8 Å². The molecule has 0 N–H and O–H groups in total. The zero-order chi connectivity index (χ0) is 27.4. The van der Waals surface area contributed by atoms with Gasteiger partial charge in [-0.25, -0.2) is 16.8 Å². The van der Waals surface area contributed by atoms with E-state index < -0.39 is 97.4 Å². The van der Waals surface area contributed by atoms with Crippen molar-refractivity contribution in [1.29, 1.82) is 10.5 Å². The molecule has 0 radical (unpaired) electrons. The normalized spacial score (nSPS) is 14.8. The summed E-state index contributed by atoms with van der Waals surface area (Å²) < 4.78 is 132. The van der Waals surface area contributed by atoms with Gasteiger partial charge >= 0.3 is 16.8 Å². The minimum Gasteiger partial charge on any atom is -0.214 e. The summed E-state index contributed by atoms with van der Waals surface area (Å²) in [7, 11) is -12.7. The number of allylic oxidation sites excluding steroid dienone is 3. The third-order valence-electron chi connectivity index (χ3n) is 5.25. The van der Waals surface area contributed by atoms with Gasteiger partial charge in [0.05, 0.1) is 15.4 Å². The molecule has 16 heteroatoms. The smallest absolute Gasteiger partial charge is 0.214 e. The van der Waals surface area contributed by atoms with Crippen LogP contribution in [-0.2, 0) is 32.5 Å². The van der Waals surface area contributed by atoms with Gasteiger partial charge in [0.2, 0.25) is 0 Å². The maximum absolute atomic E-state index is 13.6. The highest BCUT2D eigenvalue weighted by atomic mass is 32.2. The highest BCUT2D eigenvalue weighted by molar-refractivity contribution is 7.92. The van der Waals surface area contributed by atoms with E-state index in [1.807, 2.05) is 0 Å². The quantitative estimate of drug-likeness (QED) is 0.320. The standard InChI is InChI=1S/C20H6F6N4O4S2/c1-29-18(30-2)10-5-14-15(6-10)17(36(33,34)20(24,25)26)13-4-9(11(7-27)8-28)3-12(13)16(14)35(31,32)19(21,22)23/h3,6H,4-5H2. The fourth-order valence-electron chi connectivity index (χ4n) is 3.82. The number of sulfone groups is 2. The summed E-state index contributed by atoms with van der Waals surface area (Å²) in [5.41, 5.74) is -15.8. The number of rotatable bonds is 2. The Bertz CT molecular complexity index is 1650. The minimum absolute atomic E-state index is 0.485. The predicted molar refractivity (Wildman–Crippen MR) is 107 cm³/mol. The highest BCUT2D eigenvalue weighted by Gasteiger charge is 2.53. The Balaban J connectivity index is 2.76. The molecule has 2 aliphatic rings. The van der Waals surface area contributed by atoms with Crippen LogP contribution in [0.25, 0.3) is 21.8 Å². The zero-order valence-corrected chi connectivity index (χ0v) is 18.7. The largest absolute Gasteiger partial charge is 0.522 e. The lowest BCUT2D eigenvalue weighted by atomic mass is 10.0. The summed E-state index contributed by atoms with van der Waals surface area (Å²) in [5, 5.41) is 16.0. The molecular weight excluding hydrogens is 538 g/mol. The SMILES string of the molecule is [C-]#[N+]C([N+]#[C-])=C1C=c2c(c(S(=O)(=O)C(F)(F)F)c3c(c2S(=O)(=O)C(F)(F)F)CC(=C(C#N)C#N)C=3)C1. The van der Waals surface area contributed by atoms with Gasteiger partial charge in [0.15, 0.2) is 0 Å². The number of benzene rings is 1. The van der Waals surface area contributed by atoms with Gasteiger partial charge in [-0.1, -0.05) is 6.08 Å². The summed E-state index contributed by atoms with van der Waals surface area (Å²) in [6.07, 6.45) is -0.830. The third kappa shape index (κ3) is 3.72. The maximum atomic E-state index is 13.6. The molecule has 0 fully saturated rings. The van der Waals surface area contributed by atoms with Gasteiger partial charge in [0.25, 0.3) is 19.7 Å². The van der Waals surface area contributed by atoms with Crippen LogP contribution < -0.4 is 10.4 Å². The van der Waals surface area contributed by atoms with Crippen molar-refractivity contribution in [3.05, 3.63) is 66.9 Å². The fraction of sp³-hybridized carbons (Fsp3) is 0.200. The predicted octanol–water partition coefficient (Wildman–Crippen LogP) is 2.34. The van der Waals surface area contributed by atoms with E-state index in [1.165, 1.54) is 12.1 Å². The molecule has 0 atom stereocenters. The van der Waals surface area contributed by atoms with Crippen LogP contribution in [0.15, 0.2) is 32.3 Å². The Hall–Kier alpha value is -4.12. The van der Waals surface area contributed by atoms with Crippen molar-refractivity contribution in [2.75, 3.05) is 0 Å². The number of nitrogens with zero attached hydrogens (tertiary/aromatic N) is 4. The first-order valence-electron chi connectivity index (χ1n) is 9.03. The molecule has 1 aromatic rings. The van der Waals surface area contributed by atoms with Crippen molar-refractivity contribution >= 4 is 31.8 Å². The number of fused-ring (bicyclic) bond motifs is 2. The molecule has 8 nitrogen and oxygen atoms in total. The molecule has 0 saturated carbocycles. The molecule has 1 aromatic carbocycles. The second kappa shape index (κ2) is 8.23. The monoisotopic (exact) mass is 544 g/mol. The first-order valence-corrected chi connectivity index (χ1v) is 12.0. The molecule has 0 aliphatic heterocycles. The average molecular weight is 544 g/mol. The molecule has 0 spiro atoms. The maximum Gasteiger partial charge on any atom is 0.522 e. The van der Waals surface area contributed by atoms with Crippen molar-refractivity contribution in [3.63, 3.8) is 0 Å². The minimum atomic E-state index is -6.34. The Morgan fingerprint density at radius 3 is 1.47 bits per heavy atom. The highest BCUT2D eigenvalue weighted by Crippen LogP contribution is 2.38. The van der Waals surface area contributed by atoms with Crippen molar-refractivity contribution in [2.45, 2.75) is 33.6 Å². The van der Waals surface area contributed by atoms with E-state index in [4.69, 9.17) is 23.7 Å². The first kappa shape index (κ1) is 26.5. The van der Waals surface area contributed by atoms with Crippen LogP contribution in [0.3, 0.4) is 0 Å². The molecule has 3 rings (SSSR count). The Morgan fingerprint density at radius 1 is 0.778 bits per heavy atom. The van der Waals surface area contributed by atoms with E-state index in [1.54, 1.807) is 0 Å². The van der Waals surface area contributed by atoms with E-state index in [0.29, 0.717) is 12.2 Å². The Labute approximate surface area is 198 Å². The summed E-state index contributed by atoms with van der Waals surface area (Å²) in [6.45, 7) is 14.0. The van der Waals surface area contributed by atoms with Gasteiger partial charge in [-0.15, -0.1) is 0 Å². The Kier molecular flexibility index (Phi) is 6.05. The van der Waals surface area contributed by atoms with Crippen LogP contribution in [0.2, 0.25) is 0 Å². The van der Waals surface area contributed by atoms with E-state index in [0.717, 1.165) is 0 Å². The third-order valence-corrected chi connectivity index (χ3v) is 8.48. The summed E-state index contributed by atoms with van der Waals surface area (Å²) in [4.78, 5) is 2.45. The number of halogens is 6. The lowest BCUT2D eigenvalue weighted by Crippen LogP contribution is -2.38. The van der Waals surface area contributed by atoms with E-state index >= 15 is 0 Å². The second-order valence-electron chi connectivity index (χ2n) is 7.18. The van der Waals surface area contributed by atoms with Gasteiger partial charge in [-0.05, 0) is 39.6 Å². The molecule has 0 unspecified atom stereocenters. The lowest BCUT2D eigenvalue weighted by Gasteiger charge is -2.17. The van der Waals surface area contributed by atoms with E-state index in [9.17, 15) is 43.2 Å². The van der Waals surface area contributed by atoms with Gasteiger partial charge in [-0.2, -0.15) is 46.6 Å². The van der Waals surface area contributed by atoms with Crippen molar-refractivity contribution in [3.8, 4) is 12.1 Å². The second-order valence-corrected chi connectivity index (χ2v) is 10.9. The lowest BCUT2D eigenvalue weighted by molar-refractivity contribution is -0.0445. The summed E-state index contributed by atoms with van der Waals surface area (Å²) in [6, 6.07) is 2.72. The molecule has 0 aromatic heterocycles. The van der Waals surface area contributed by atoms with Crippen LogP contribution >= 0.6 is 0 Å². The molecule has 0 saturated heterocycles. The van der Waals surface area contributed by atoms with Crippen molar-refractivity contribution in [1.82, 2.24) is 0 Å². The topological polar surface area (TPSA) is 125 Å². The fourth-order valence-corrected chi connectivity index (χ4v) is 6.24. The molecule has 0 bridgehead atoms. The molecule has 36 heavy (non-hydrogen) atoms. The van der Waals surface area contributed by atoms with Gasteiger partial charge < -0.3 is 0 Å². The molecule has 0 amide bonds. The zero-order valence-electron chi connectivity index (χ0n) is 17.1. The molecule has 184 valence electrons. The summed E-state index contributed by atoms with van der Waals surface area (Å²) in [5.74, 6) is -0.821. The van der Waals surface area contributed by atoms with Gasteiger partial charge in [-0.3, -0.25) is 0 Å². The van der Waals surface area contributed by atoms with Gasteiger partial charge in [0, 0.05) is 6.42 Å². The molecule has 0 heterocycles. The number of alkyl halides is 6. The van der Waals surface area contributed by atoms with Crippen LogP contribution in [0.5, 0.6) is 0 Å². The number of hydrogen-bond acceptors (Lipinski definition) is 6. The van der Waals surface area contributed by atoms with Crippen LogP contribution in [0.1, 0.15) is 11.1 Å². The average Bonchev–Trinajstić information content (AvgIpc) is 3.36. The summed E-state index contributed by atoms with van der Waals surface area (Å²) >= 11 is 0. The number of nitriles is 2.